The van der Waals surface area contributed by atoms with Gasteiger partial charge in [-0.05, 0) is 25.0 Å². The van der Waals surface area contributed by atoms with E-state index in [1.54, 1.807) is 14.2 Å². The van der Waals surface area contributed by atoms with Crippen LogP contribution in [-0.4, -0.2) is 57.4 Å². The summed E-state index contributed by atoms with van der Waals surface area (Å²) in [6.07, 6.45) is 7.29. The van der Waals surface area contributed by atoms with Crippen molar-refractivity contribution in [2.75, 3.05) is 45.3 Å². The molecule has 6 nitrogen and oxygen atoms in total. The van der Waals surface area contributed by atoms with Gasteiger partial charge in [0.25, 0.3) is 0 Å². The van der Waals surface area contributed by atoms with Crippen molar-refractivity contribution in [2.45, 2.75) is 44.6 Å². The Morgan fingerprint density at radius 1 is 1.00 bits per heavy atom. The predicted molar refractivity (Wildman–Crippen MR) is 103 cm³/mol. The molecule has 2 fully saturated rings. The Kier molecular flexibility index (Phi) is 6.47. The number of benzene rings is 1. The molecule has 1 aromatic rings. The Hall–Kier alpha value is -2.11. The minimum absolute atomic E-state index is 0.0918. The average molecular weight is 361 g/mol. The lowest BCUT2D eigenvalue weighted by atomic mass is 10.1. The van der Waals surface area contributed by atoms with Gasteiger partial charge in [0.05, 0.1) is 19.9 Å². The molecule has 1 aliphatic carbocycles. The number of carbonyl (C=O) groups is 1. The largest absolute Gasteiger partial charge is 0.497 e. The second-order valence-corrected chi connectivity index (χ2v) is 7.15. The Labute approximate surface area is 156 Å². The van der Waals surface area contributed by atoms with Gasteiger partial charge in [-0.1, -0.05) is 25.7 Å². The summed E-state index contributed by atoms with van der Waals surface area (Å²) in [6.45, 7) is 3.03. The fourth-order valence-electron chi connectivity index (χ4n) is 3.88. The number of nitrogens with one attached hydrogen (secondary N) is 1. The summed E-state index contributed by atoms with van der Waals surface area (Å²) in [5.74, 6) is 1.65. The monoisotopic (exact) mass is 361 g/mol. The third-order valence-electron chi connectivity index (χ3n) is 5.48. The molecule has 1 N–H and O–H groups in total. The van der Waals surface area contributed by atoms with E-state index in [1.165, 1.54) is 25.7 Å². The molecular weight excluding hydrogens is 330 g/mol. The molecule has 0 bridgehead atoms. The average Bonchev–Trinajstić information content (AvgIpc) is 2.96. The van der Waals surface area contributed by atoms with Crippen LogP contribution in [0.3, 0.4) is 0 Å². The summed E-state index contributed by atoms with van der Waals surface area (Å²) in [5, 5.41) is 3.25. The number of ether oxygens (including phenoxy) is 2. The number of urea groups is 1. The molecule has 0 spiro atoms. The maximum absolute atomic E-state index is 12.6. The summed E-state index contributed by atoms with van der Waals surface area (Å²) in [6, 6.07) is 6.27. The SMILES string of the molecule is COc1ccc(OC)c(N2CCN(C(=O)NC3CCCCCC3)CC2)c1. The smallest absolute Gasteiger partial charge is 0.317 e. The Balaban J connectivity index is 1.56. The molecule has 0 atom stereocenters. The molecule has 2 aliphatic rings. The van der Waals surface area contributed by atoms with Crippen LogP contribution in [0.5, 0.6) is 11.5 Å². The minimum atomic E-state index is 0.0918. The number of methoxy groups -OCH3 is 2. The number of amides is 2. The zero-order chi connectivity index (χ0) is 18.4. The van der Waals surface area contributed by atoms with Gasteiger partial charge in [0.1, 0.15) is 11.5 Å². The first-order chi connectivity index (χ1) is 12.7. The molecular formula is C20H31N3O3. The van der Waals surface area contributed by atoms with Crippen molar-refractivity contribution in [3.63, 3.8) is 0 Å². The third kappa shape index (κ3) is 4.54. The molecule has 1 aliphatic heterocycles. The van der Waals surface area contributed by atoms with E-state index < -0.39 is 0 Å². The summed E-state index contributed by atoms with van der Waals surface area (Å²) >= 11 is 0. The van der Waals surface area contributed by atoms with Crippen molar-refractivity contribution < 1.29 is 14.3 Å². The lowest BCUT2D eigenvalue weighted by Gasteiger charge is -2.37. The number of hydrogen-bond acceptors (Lipinski definition) is 4. The van der Waals surface area contributed by atoms with Crippen LogP contribution in [0.25, 0.3) is 0 Å². The molecule has 0 aromatic heterocycles. The van der Waals surface area contributed by atoms with Crippen LogP contribution in [0.2, 0.25) is 0 Å². The molecule has 144 valence electrons. The number of piperazine rings is 1. The highest BCUT2D eigenvalue weighted by Crippen LogP contribution is 2.32. The molecule has 26 heavy (non-hydrogen) atoms. The van der Waals surface area contributed by atoms with E-state index in [0.717, 1.165) is 56.2 Å². The molecule has 1 aromatic carbocycles. The van der Waals surface area contributed by atoms with Crippen molar-refractivity contribution >= 4 is 11.7 Å². The highest BCUT2D eigenvalue weighted by atomic mass is 16.5. The van der Waals surface area contributed by atoms with Crippen LogP contribution in [0.4, 0.5) is 10.5 Å². The lowest BCUT2D eigenvalue weighted by molar-refractivity contribution is 0.189. The molecule has 3 rings (SSSR count). The number of carbonyl (C=O) groups excluding carboxylic acids is 1. The van der Waals surface area contributed by atoms with Gasteiger partial charge in [0.2, 0.25) is 0 Å². The summed E-state index contributed by atoms with van der Waals surface area (Å²) in [7, 11) is 3.35. The van der Waals surface area contributed by atoms with Crippen molar-refractivity contribution in [1.29, 1.82) is 0 Å². The Bertz CT molecular complexity index is 592. The predicted octanol–water partition coefficient (Wildman–Crippen LogP) is 3.26. The fourth-order valence-corrected chi connectivity index (χ4v) is 3.88. The van der Waals surface area contributed by atoms with Gasteiger partial charge in [0, 0.05) is 38.3 Å². The van der Waals surface area contributed by atoms with Gasteiger partial charge >= 0.3 is 6.03 Å². The maximum atomic E-state index is 12.6. The standard InChI is InChI=1S/C20H31N3O3/c1-25-17-9-10-19(26-2)18(15-17)22-11-13-23(14-12-22)20(24)21-16-7-5-3-4-6-8-16/h9-10,15-16H,3-8,11-14H2,1-2H3,(H,21,24). The first kappa shape index (κ1) is 18.7. The second kappa shape index (κ2) is 9.01. The number of rotatable bonds is 4. The first-order valence-corrected chi connectivity index (χ1v) is 9.73. The first-order valence-electron chi connectivity index (χ1n) is 9.73. The second-order valence-electron chi connectivity index (χ2n) is 7.15. The van der Waals surface area contributed by atoms with Crippen LogP contribution in [0, 0.1) is 0 Å². The van der Waals surface area contributed by atoms with Crippen LogP contribution < -0.4 is 19.7 Å². The van der Waals surface area contributed by atoms with Gasteiger partial charge in [-0.15, -0.1) is 0 Å². The minimum Gasteiger partial charge on any atom is -0.497 e. The summed E-state index contributed by atoms with van der Waals surface area (Å²) in [5.41, 5.74) is 1.02. The number of anilines is 1. The highest BCUT2D eigenvalue weighted by Gasteiger charge is 2.25. The van der Waals surface area contributed by atoms with Crippen molar-refractivity contribution in [1.82, 2.24) is 10.2 Å². The van der Waals surface area contributed by atoms with E-state index in [-0.39, 0.29) is 6.03 Å². The van der Waals surface area contributed by atoms with E-state index in [2.05, 4.69) is 10.2 Å². The quantitative estimate of drug-likeness (QED) is 0.837. The normalized spacial score (nSPS) is 19.0. The van der Waals surface area contributed by atoms with Gasteiger partial charge < -0.3 is 24.6 Å². The molecule has 1 saturated carbocycles. The molecule has 0 radical (unpaired) electrons. The van der Waals surface area contributed by atoms with E-state index in [0.29, 0.717) is 6.04 Å². The molecule has 6 heteroatoms. The van der Waals surface area contributed by atoms with Gasteiger partial charge in [-0.2, -0.15) is 0 Å². The number of hydrogen-bond donors (Lipinski definition) is 1. The van der Waals surface area contributed by atoms with Gasteiger partial charge in [0.15, 0.2) is 0 Å². The molecule has 0 unspecified atom stereocenters. The van der Waals surface area contributed by atoms with Crippen molar-refractivity contribution in [2.24, 2.45) is 0 Å². The van der Waals surface area contributed by atoms with Crippen molar-refractivity contribution in [3.05, 3.63) is 18.2 Å². The van der Waals surface area contributed by atoms with Crippen molar-refractivity contribution in [3.8, 4) is 11.5 Å². The Morgan fingerprint density at radius 2 is 1.69 bits per heavy atom. The third-order valence-corrected chi connectivity index (χ3v) is 5.48. The van der Waals surface area contributed by atoms with Crippen LogP contribution >= 0.6 is 0 Å². The summed E-state index contributed by atoms with van der Waals surface area (Å²) < 4.78 is 10.8. The highest BCUT2D eigenvalue weighted by molar-refractivity contribution is 5.75. The zero-order valence-electron chi connectivity index (χ0n) is 16.0. The van der Waals surface area contributed by atoms with E-state index >= 15 is 0 Å². The van der Waals surface area contributed by atoms with Crippen LogP contribution in [0.15, 0.2) is 18.2 Å². The lowest BCUT2D eigenvalue weighted by Crippen LogP contribution is -2.53. The number of nitrogens with zero attached hydrogens (tertiary/aromatic N) is 2. The van der Waals surface area contributed by atoms with Gasteiger partial charge in [-0.25, -0.2) is 4.79 Å². The fraction of sp³-hybridized carbons (Fsp3) is 0.650. The summed E-state index contributed by atoms with van der Waals surface area (Å²) in [4.78, 5) is 16.8. The van der Waals surface area contributed by atoms with E-state index in [4.69, 9.17) is 9.47 Å². The Morgan fingerprint density at radius 3 is 2.31 bits per heavy atom. The van der Waals surface area contributed by atoms with E-state index in [1.807, 2.05) is 23.1 Å². The zero-order valence-corrected chi connectivity index (χ0v) is 16.0. The topological polar surface area (TPSA) is 54.0 Å². The van der Waals surface area contributed by atoms with Gasteiger partial charge in [-0.3, -0.25) is 0 Å². The van der Waals surface area contributed by atoms with Crippen LogP contribution in [0.1, 0.15) is 38.5 Å². The molecule has 1 saturated heterocycles. The van der Waals surface area contributed by atoms with Crippen LogP contribution in [-0.2, 0) is 0 Å². The van der Waals surface area contributed by atoms with E-state index in [9.17, 15) is 4.79 Å². The molecule has 2 amide bonds. The maximum Gasteiger partial charge on any atom is 0.317 e. The molecule has 1 heterocycles.